The van der Waals surface area contributed by atoms with E-state index in [-0.39, 0.29) is 29.8 Å². The molecule has 44 heavy (non-hydrogen) atoms. The summed E-state index contributed by atoms with van der Waals surface area (Å²) in [5.74, 6) is -0.940. The molecule has 10 heteroatoms. The second-order valence-corrected chi connectivity index (χ2v) is 13.5. The number of benzene rings is 4. The van der Waals surface area contributed by atoms with Gasteiger partial charge in [-0.25, -0.2) is 8.42 Å². The quantitative estimate of drug-likeness (QED) is 0.186. The lowest BCUT2D eigenvalue weighted by Crippen LogP contribution is -2.54. The zero-order chi connectivity index (χ0) is 31.9. The van der Waals surface area contributed by atoms with Crippen molar-refractivity contribution in [3.8, 4) is 0 Å². The van der Waals surface area contributed by atoms with Gasteiger partial charge in [0.2, 0.25) is 11.8 Å². The second kappa shape index (κ2) is 14.8. The summed E-state index contributed by atoms with van der Waals surface area (Å²) in [7, 11) is -4.17. The van der Waals surface area contributed by atoms with E-state index in [9.17, 15) is 18.0 Å². The predicted molar refractivity (Wildman–Crippen MR) is 176 cm³/mol. The molecule has 0 spiro atoms. The molecule has 4 aromatic carbocycles. The average molecular weight is 653 g/mol. The zero-order valence-corrected chi connectivity index (χ0v) is 27.1. The van der Waals surface area contributed by atoms with Gasteiger partial charge in [-0.2, -0.15) is 0 Å². The van der Waals surface area contributed by atoms with Crippen molar-refractivity contribution in [2.24, 2.45) is 0 Å². The van der Waals surface area contributed by atoms with Crippen molar-refractivity contribution in [1.82, 2.24) is 10.2 Å². The van der Waals surface area contributed by atoms with E-state index in [0.29, 0.717) is 21.3 Å². The molecule has 0 aliphatic rings. The topological polar surface area (TPSA) is 86.8 Å². The zero-order valence-electron chi connectivity index (χ0n) is 24.8. The van der Waals surface area contributed by atoms with Gasteiger partial charge in [0, 0.05) is 29.1 Å². The first-order chi connectivity index (χ1) is 21.0. The van der Waals surface area contributed by atoms with Gasteiger partial charge in [0.1, 0.15) is 12.6 Å². The maximum absolute atomic E-state index is 14.4. The number of carbonyl (C=O) groups excluding carboxylic acids is 2. The van der Waals surface area contributed by atoms with Crippen molar-refractivity contribution in [3.63, 3.8) is 0 Å². The number of amides is 2. The van der Waals surface area contributed by atoms with E-state index < -0.39 is 28.5 Å². The molecule has 0 saturated carbocycles. The molecule has 0 heterocycles. The van der Waals surface area contributed by atoms with Crippen LogP contribution in [0.15, 0.2) is 108 Å². The van der Waals surface area contributed by atoms with E-state index in [2.05, 4.69) is 5.32 Å². The molecule has 0 aromatic heterocycles. The summed E-state index contributed by atoms with van der Waals surface area (Å²) in [5.41, 5.74) is 2.62. The van der Waals surface area contributed by atoms with Crippen molar-refractivity contribution < 1.29 is 18.0 Å². The lowest BCUT2D eigenvalue weighted by Gasteiger charge is -2.34. The van der Waals surface area contributed by atoms with Gasteiger partial charge in [-0.15, -0.1) is 0 Å². The number of halogens is 2. The summed E-state index contributed by atoms with van der Waals surface area (Å²) in [6.45, 7) is 4.94. The second-order valence-electron chi connectivity index (χ2n) is 10.8. The molecular formula is C34H35Cl2N3O4S. The number of para-hydroxylation sites is 1. The van der Waals surface area contributed by atoms with Gasteiger partial charge in [-0.05, 0) is 68.3 Å². The number of carbonyl (C=O) groups is 2. The highest BCUT2D eigenvalue weighted by Crippen LogP contribution is 2.27. The van der Waals surface area contributed by atoms with E-state index in [0.717, 1.165) is 15.4 Å². The first-order valence-electron chi connectivity index (χ1n) is 14.2. The number of nitrogens with zero attached hydrogens (tertiary/aromatic N) is 2. The van der Waals surface area contributed by atoms with Gasteiger partial charge in [-0.3, -0.25) is 13.9 Å². The number of rotatable bonds is 12. The average Bonchev–Trinajstić information content (AvgIpc) is 2.99. The van der Waals surface area contributed by atoms with Crippen molar-refractivity contribution in [3.05, 3.63) is 130 Å². The molecular weight excluding hydrogens is 617 g/mol. The molecule has 230 valence electrons. The van der Waals surface area contributed by atoms with Crippen LogP contribution in [0.5, 0.6) is 0 Å². The predicted octanol–water partition coefficient (Wildman–Crippen LogP) is 6.66. The minimum atomic E-state index is -4.17. The minimum absolute atomic E-state index is 0.0467. The number of anilines is 1. The van der Waals surface area contributed by atoms with E-state index in [1.165, 1.54) is 17.0 Å². The van der Waals surface area contributed by atoms with E-state index in [4.69, 9.17) is 23.2 Å². The van der Waals surface area contributed by atoms with Crippen LogP contribution >= 0.6 is 23.2 Å². The van der Waals surface area contributed by atoms with Crippen LogP contribution in [0.3, 0.4) is 0 Å². The Morgan fingerprint density at radius 1 is 0.841 bits per heavy atom. The van der Waals surface area contributed by atoms with Crippen molar-refractivity contribution in [2.75, 3.05) is 10.8 Å². The highest BCUT2D eigenvalue weighted by atomic mass is 35.5. The number of hydrogen-bond donors (Lipinski definition) is 1. The molecule has 7 nitrogen and oxygen atoms in total. The minimum Gasteiger partial charge on any atom is -0.352 e. The fourth-order valence-electron chi connectivity index (χ4n) is 4.73. The molecule has 0 fully saturated rings. The fraction of sp³-hybridized carbons (Fsp3) is 0.235. The first kappa shape index (κ1) is 33.1. The third-order valence-corrected chi connectivity index (χ3v) is 9.36. The van der Waals surface area contributed by atoms with Crippen molar-refractivity contribution in [2.45, 2.75) is 50.7 Å². The molecule has 2 amide bonds. The maximum atomic E-state index is 14.4. The number of nitrogens with one attached hydrogen (secondary N) is 1. The van der Waals surface area contributed by atoms with Crippen molar-refractivity contribution >= 4 is 50.7 Å². The molecule has 1 unspecified atom stereocenters. The van der Waals surface area contributed by atoms with Gasteiger partial charge < -0.3 is 10.2 Å². The van der Waals surface area contributed by atoms with Gasteiger partial charge in [0.25, 0.3) is 10.0 Å². The van der Waals surface area contributed by atoms with Gasteiger partial charge in [0.05, 0.1) is 10.6 Å². The van der Waals surface area contributed by atoms with Gasteiger partial charge in [0.15, 0.2) is 0 Å². The Morgan fingerprint density at radius 3 is 2.05 bits per heavy atom. The summed E-state index contributed by atoms with van der Waals surface area (Å²) in [6, 6.07) is 28.0. The SMILES string of the molecule is Cc1ccc(S(=O)(=O)N(CC(=O)N(Cc2ccc(Cl)cc2Cl)C(Cc2ccccc2)C(=O)NC(C)C)c2ccccc2)cc1. The fourth-order valence-corrected chi connectivity index (χ4v) is 6.61. The van der Waals surface area contributed by atoms with Gasteiger partial charge in [-0.1, -0.05) is 95.5 Å². The van der Waals surface area contributed by atoms with Crippen LogP contribution in [0.1, 0.15) is 30.5 Å². The first-order valence-corrected chi connectivity index (χ1v) is 16.4. The van der Waals surface area contributed by atoms with Crippen LogP contribution in [-0.4, -0.2) is 43.8 Å². The van der Waals surface area contributed by atoms with E-state index in [1.54, 1.807) is 60.7 Å². The number of sulfonamides is 1. The lowest BCUT2D eigenvalue weighted by atomic mass is 10.0. The largest absolute Gasteiger partial charge is 0.352 e. The summed E-state index contributed by atoms with van der Waals surface area (Å²) < 4.78 is 29.1. The summed E-state index contributed by atoms with van der Waals surface area (Å²) >= 11 is 12.7. The molecule has 0 aliphatic heterocycles. The summed E-state index contributed by atoms with van der Waals surface area (Å²) in [4.78, 5) is 29.6. The lowest BCUT2D eigenvalue weighted by molar-refractivity contribution is -0.140. The highest BCUT2D eigenvalue weighted by Gasteiger charge is 2.35. The van der Waals surface area contributed by atoms with Crippen LogP contribution in [0, 0.1) is 6.92 Å². The third kappa shape index (κ3) is 8.40. The van der Waals surface area contributed by atoms with Crippen LogP contribution in [0.4, 0.5) is 5.69 Å². The number of hydrogen-bond acceptors (Lipinski definition) is 4. The maximum Gasteiger partial charge on any atom is 0.264 e. The molecule has 0 bridgehead atoms. The normalized spacial score (nSPS) is 12.0. The van der Waals surface area contributed by atoms with Crippen LogP contribution in [0.2, 0.25) is 10.0 Å². The monoisotopic (exact) mass is 651 g/mol. The summed E-state index contributed by atoms with van der Waals surface area (Å²) in [5, 5.41) is 3.69. The van der Waals surface area contributed by atoms with E-state index in [1.807, 2.05) is 51.1 Å². The Morgan fingerprint density at radius 2 is 1.45 bits per heavy atom. The van der Waals surface area contributed by atoms with Crippen LogP contribution in [0.25, 0.3) is 0 Å². The molecule has 0 aliphatic carbocycles. The summed E-state index contributed by atoms with van der Waals surface area (Å²) in [6.07, 6.45) is 0.201. The molecule has 0 radical (unpaired) electrons. The highest BCUT2D eigenvalue weighted by molar-refractivity contribution is 7.92. The Hall–Kier alpha value is -3.85. The van der Waals surface area contributed by atoms with Crippen molar-refractivity contribution in [1.29, 1.82) is 0 Å². The number of aryl methyl sites for hydroxylation is 1. The third-order valence-electron chi connectivity index (χ3n) is 6.99. The smallest absolute Gasteiger partial charge is 0.264 e. The molecule has 1 N–H and O–H groups in total. The molecule has 4 aromatic rings. The molecule has 1 atom stereocenters. The molecule has 4 rings (SSSR count). The Balaban J connectivity index is 1.81. The van der Waals surface area contributed by atoms with Crippen LogP contribution < -0.4 is 9.62 Å². The van der Waals surface area contributed by atoms with Crippen LogP contribution in [-0.2, 0) is 32.6 Å². The molecule has 0 saturated heterocycles. The Kier molecular flexibility index (Phi) is 11.1. The van der Waals surface area contributed by atoms with E-state index >= 15 is 0 Å². The Labute approximate surface area is 269 Å². The standard InChI is InChI=1S/C34H35Cl2N3O4S/c1-24(2)37-34(41)32(20-26-10-6-4-7-11-26)38(22-27-16-17-28(35)21-31(27)36)33(40)23-39(29-12-8-5-9-13-29)44(42,43)30-18-14-25(3)15-19-30/h4-19,21,24,32H,20,22-23H2,1-3H3,(H,37,41). The Bertz CT molecular complexity index is 1680. The van der Waals surface area contributed by atoms with Gasteiger partial charge >= 0.3 is 0 Å².